The van der Waals surface area contributed by atoms with Crippen LogP contribution in [0.5, 0.6) is 0 Å². The Morgan fingerprint density at radius 3 is 1.64 bits per heavy atom. The van der Waals surface area contributed by atoms with E-state index in [1.807, 2.05) is 55.1 Å². The number of hydrogen-bond acceptors (Lipinski definition) is 9. The molecule has 6 rings (SSSR count). The van der Waals surface area contributed by atoms with Crippen LogP contribution in [0.1, 0.15) is 80.7 Å². The molecule has 47 heavy (non-hydrogen) atoms. The molecule has 11 nitrogen and oxygen atoms in total. The van der Waals surface area contributed by atoms with Crippen molar-refractivity contribution in [3.05, 3.63) is 103 Å². The number of carboxylic acids is 1. The molecule has 0 atom stereocenters. The molecule has 2 aromatic heterocycles. The van der Waals surface area contributed by atoms with E-state index in [-0.39, 0.29) is 5.91 Å². The van der Waals surface area contributed by atoms with Gasteiger partial charge in [-0.1, -0.05) is 31.9 Å². The normalized spacial score (nSPS) is 15.1. The number of nitrogens with two attached hydrogens (primary N) is 2. The lowest BCUT2D eigenvalue weighted by atomic mass is 9.93. The van der Waals surface area contributed by atoms with Crippen molar-refractivity contribution in [2.24, 2.45) is 0 Å². The smallest absolute Gasteiger partial charge is 0.335 e. The van der Waals surface area contributed by atoms with E-state index in [1.165, 1.54) is 0 Å². The predicted octanol–water partition coefficient (Wildman–Crippen LogP) is 6.13. The Morgan fingerprint density at radius 2 is 1.19 bits per heavy atom. The number of anilines is 2. The largest absolute Gasteiger partial charge is 0.478 e. The number of rotatable bonds is 4. The first-order valence-corrected chi connectivity index (χ1v) is 17.0. The van der Waals surface area contributed by atoms with E-state index >= 15 is 0 Å². The zero-order valence-corrected chi connectivity index (χ0v) is 29.7. The summed E-state index contributed by atoms with van der Waals surface area (Å²) in [5.41, 5.74) is 16.2. The van der Waals surface area contributed by atoms with Gasteiger partial charge in [0.05, 0.1) is 17.0 Å². The monoisotopic (exact) mass is 766 g/mol. The molecule has 2 saturated heterocycles. The standard InChI is InChI=1S/C17H19BrN4O.C9H14N4.C8H7BrO2/c1-11-10-13(2-3-14(11)18)17(23)22-8-6-12(7-9-22)15-4-5-16(19)21-20-15;10-9-2-1-8(12-13-9)7-3-5-11-6-4-7;1-5-4-6(8(10)11)2-3-7(5)9/h2-5,10,12H,6-9H2,1H3,(H2,19,21);1-2,7,11H,3-6H2,(H2,10,13);2-4H,1H3,(H,10,11). The highest BCUT2D eigenvalue weighted by atomic mass is 79.9. The summed E-state index contributed by atoms with van der Waals surface area (Å²) in [6.07, 6.45) is 4.11. The average molecular weight is 769 g/mol. The number of amides is 1. The topological polar surface area (TPSA) is 173 Å². The lowest BCUT2D eigenvalue weighted by Gasteiger charge is -2.31. The van der Waals surface area contributed by atoms with Crippen LogP contribution in [0.4, 0.5) is 11.6 Å². The van der Waals surface area contributed by atoms with Gasteiger partial charge in [-0.25, -0.2) is 4.79 Å². The first-order valence-electron chi connectivity index (χ1n) is 15.5. The summed E-state index contributed by atoms with van der Waals surface area (Å²) in [5, 5.41) is 28.0. The lowest BCUT2D eigenvalue weighted by Crippen LogP contribution is -2.38. The molecule has 2 aliphatic heterocycles. The number of nitrogens with zero attached hydrogens (tertiary/aromatic N) is 5. The van der Waals surface area contributed by atoms with Crippen LogP contribution < -0.4 is 16.8 Å². The maximum atomic E-state index is 12.6. The number of nitrogens with one attached hydrogen (secondary N) is 1. The van der Waals surface area contributed by atoms with Gasteiger partial charge >= 0.3 is 5.97 Å². The molecule has 2 aliphatic rings. The second-order valence-electron chi connectivity index (χ2n) is 11.6. The van der Waals surface area contributed by atoms with Crippen LogP contribution in [0, 0.1) is 13.8 Å². The maximum Gasteiger partial charge on any atom is 0.335 e. The number of carbonyl (C=O) groups excluding carboxylic acids is 1. The van der Waals surface area contributed by atoms with E-state index in [9.17, 15) is 9.59 Å². The van der Waals surface area contributed by atoms with Crippen molar-refractivity contribution in [1.82, 2.24) is 30.6 Å². The van der Waals surface area contributed by atoms with E-state index in [2.05, 4.69) is 57.6 Å². The second kappa shape index (κ2) is 17.3. The summed E-state index contributed by atoms with van der Waals surface area (Å²) < 4.78 is 1.96. The van der Waals surface area contributed by atoms with Gasteiger partial charge in [0, 0.05) is 39.4 Å². The summed E-state index contributed by atoms with van der Waals surface area (Å²) >= 11 is 6.75. The number of halogens is 2. The Hall–Kier alpha value is -3.94. The number of carboxylic acid groups (broad SMARTS) is 1. The summed E-state index contributed by atoms with van der Waals surface area (Å²) in [6, 6.07) is 18.2. The first-order chi connectivity index (χ1) is 22.5. The molecular formula is C34H40Br2N8O3. The number of aryl methyl sites for hydroxylation is 2. The minimum absolute atomic E-state index is 0.0995. The summed E-state index contributed by atoms with van der Waals surface area (Å²) in [5.74, 6) is 1.06. The number of likely N-dealkylation sites (tertiary alicyclic amines) is 1. The Kier molecular flexibility index (Phi) is 13.2. The van der Waals surface area contributed by atoms with E-state index in [0.29, 0.717) is 29.0 Å². The van der Waals surface area contributed by atoms with Crippen LogP contribution in [0.25, 0.3) is 0 Å². The van der Waals surface area contributed by atoms with Crippen molar-refractivity contribution in [1.29, 1.82) is 0 Å². The van der Waals surface area contributed by atoms with Crippen LogP contribution >= 0.6 is 31.9 Å². The van der Waals surface area contributed by atoms with E-state index in [4.69, 9.17) is 16.6 Å². The minimum atomic E-state index is -0.888. The van der Waals surface area contributed by atoms with Gasteiger partial charge in [-0.15, -0.1) is 10.2 Å². The number of carbonyl (C=O) groups is 2. The van der Waals surface area contributed by atoms with Crippen molar-refractivity contribution in [2.75, 3.05) is 37.6 Å². The van der Waals surface area contributed by atoms with Crippen LogP contribution in [0.2, 0.25) is 0 Å². The van der Waals surface area contributed by atoms with Gasteiger partial charge in [0.15, 0.2) is 0 Å². The van der Waals surface area contributed by atoms with Crippen molar-refractivity contribution in [3.8, 4) is 0 Å². The summed E-state index contributed by atoms with van der Waals surface area (Å²) in [7, 11) is 0. The molecule has 4 heterocycles. The molecular weight excluding hydrogens is 728 g/mol. The van der Waals surface area contributed by atoms with E-state index in [1.54, 1.807) is 24.3 Å². The third kappa shape index (κ3) is 10.5. The van der Waals surface area contributed by atoms with Crippen LogP contribution in [-0.4, -0.2) is 68.5 Å². The third-order valence-corrected chi connectivity index (χ3v) is 9.96. The third-order valence-electron chi connectivity index (χ3n) is 8.18. The highest BCUT2D eigenvalue weighted by Gasteiger charge is 2.25. The van der Waals surface area contributed by atoms with Crippen LogP contribution in [-0.2, 0) is 0 Å². The molecule has 0 aliphatic carbocycles. The van der Waals surface area contributed by atoms with Gasteiger partial charge in [0.25, 0.3) is 5.91 Å². The van der Waals surface area contributed by atoms with Crippen molar-refractivity contribution < 1.29 is 14.7 Å². The molecule has 6 N–H and O–H groups in total. The minimum Gasteiger partial charge on any atom is -0.478 e. The predicted molar refractivity (Wildman–Crippen MR) is 190 cm³/mol. The molecule has 13 heteroatoms. The second-order valence-corrected chi connectivity index (χ2v) is 13.3. The molecule has 0 spiro atoms. The molecule has 4 aromatic rings. The van der Waals surface area contributed by atoms with Gasteiger partial charge in [0.1, 0.15) is 11.6 Å². The zero-order valence-electron chi connectivity index (χ0n) is 26.5. The number of aromatic carboxylic acids is 1. The maximum absolute atomic E-state index is 12.6. The Morgan fingerprint density at radius 1 is 0.723 bits per heavy atom. The van der Waals surface area contributed by atoms with Gasteiger partial charge in [-0.3, -0.25) is 4.79 Å². The molecule has 0 radical (unpaired) electrons. The van der Waals surface area contributed by atoms with Gasteiger partial charge in [-0.2, -0.15) is 10.2 Å². The molecule has 1 amide bonds. The van der Waals surface area contributed by atoms with Gasteiger partial charge in [-0.05, 0) is 124 Å². The number of aromatic nitrogens is 4. The quantitative estimate of drug-likeness (QED) is 0.189. The summed E-state index contributed by atoms with van der Waals surface area (Å²) in [4.78, 5) is 25.0. The van der Waals surface area contributed by atoms with Gasteiger partial charge < -0.3 is 26.8 Å². The average Bonchev–Trinajstić information content (AvgIpc) is 3.08. The highest BCUT2D eigenvalue weighted by Crippen LogP contribution is 2.28. The lowest BCUT2D eigenvalue weighted by molar-refractivity contribution is 0.0692. The fourth-order valence-corrected chi connectivity index (χ4v) is 5.87. The molecule has 2 aromatic carbocycles. The number of benzene rings is 2. The highest BCUT2D eigenvalue weighted by molar-refractivity contribution is 9.10. The molecule has 0 saturated carbocycles. The zero-order chi connectivity index (χ0) is 33.9. The fraction of sp³-hybridized carbons (Fsp3) is 0.353. The SMILES string of the molecule is Cc1cc(C(=O)N2CCC(c3ccc(N)nn3)CC2)ccc1Br.Cc1cc(C(=O)O)ccc1Br.Nc1ccc(C2CCNCC2)nn1. The van der Waals surface area contributed by atoms with E-state index in [0.717, 1.165) is 88.9 Å². The Balaban J connectivity index is 0.000000176. The Bertz CT molecular complexity index is 1640. The van der Waals surface area contributed by atoms with Crippen molar-refractivity contribution >= 4 is 55.4 Å². The number of nitrogen functional groups attached to an aromatic ring is 2. The van der Waals surface area contributed by atoms with Crippen LogP contribution in [0.15, 0.2) is 69.6 Å². The van der Waals surface area contributed by atoms with Crippen molar-refractivity contribution in [3.63, 3.8) is 0 Å². The van der Waals surface area contributed by atoms with Crippen molar-refractivity contribution in [2.45, 2.75) is 51.4 Å². The molecule has 0 bridgehead atoms. The molecule has 0 unspecified atom stereocenters. The first kappa shape index (κ1) is 35.9. The van der Waals surface area contributed by atoms with Gasteiger partial charge in [0.2, 0.25) is 0 Å². The Labute approximate surface area is 291 Å². The number of hydrogen-bond donors (Lipinski definition) is 4. The molecule has 248 valence electrons. The fourth-order valence-electron chi connectivity index (χ4n) is 5.38. The summed E-state index contributed by atoms with van der Waals surface area (Å²) in [6.45, 7) is 7.49. The van der Waals surface area contributed by atoms with E-state index < -0.39 is 5.97 Å². The van der Waals surface area contributed by atoms with Crippen LogP contribution in [0.3, 0.4) is 0 Å². The molecule has 2 fully saturated rings. The number of piperidine rings is 2.